The fourth-order valence-electron chi connectivity index (χ4n) is 3.67. The van der Waals surface area contributed by atoms with Crippen LogP contribution in [0.15, 0.2) is 17.5 Å². The highest BCUT2D eigenvalue weighted by molar-refractivity contribution is 7.10. The molecule has 0 aromatic carbocycles. The summed E-state index contributed by atoms with van der Waals surface area (Å²) in [6.45, 7) is 3.93. The molecule has 2 fully saturated rings. The molecule has 1 amide bonds. The van der Waals surface area contributed by atoms with E-state index in [1.807, 2.05) is 22.4 Å². The van der Waals surface area contributed by atoms with E-state index in [2.05, 4.69) is 5.32 Å². The number of hydrogen-bond donors (Lipinski definition) is 2. The van der Waals surface area contributed by atoms with E-state index >= 15 is 0 Å². The molecule has 3 rings (SSSR count). The lowest BCUT2D eigenvalue weighted by Crippen LogP contribution is -2.49. The van der Waals surface area contributed by atoms with Crippen LogP contribution in [-0.2, 0) is 9.53 Å². The molecular weight excluding hydrogens is 360 g/mol. The van der Waals surface area contributed by atoms with Gasteiger partial charge in [0.15, 0.2) is 0 Å². The Labute approximate surface area is 160 Å². The zero-order valence-corrected chi connectivity index (χ0v) is 16.2. The van der Waals surface area contributed by atoms with E-state index in [1.165, 1.54) is 12.8 Å². The van der Waals surface area contributed by atoms with Crippen LogP contribution in [-0.4, -0.2) is 54.8 Å². The van der Waals surface area contributed by atoms with Crippen molar-refractivity contribution in [3.8, 4) is 0 Å². The van der Waals surface area contributed by atoms with Gasteiger partial charge in [-0.15, -0.1) is 23.7 Å². The van der Waals surface area contributed by atoms with E-state index < -0.39 is 6.10 Å². The lowest BCUT2D eigenvalue weighted by molar-refractivity contribution is -0.141. The molecule has 5 nitrogen and oxygen atoms in total. The number of halogens is 1. The third-order valence-corrected chi connectivity index (χ3v) is 6.11. The molecule has 25 heavy (non-hydrogen) atoms. The Kier molecular flexibility index (Phi) is 8.66. The number of carbonyl (C=O) groups is 1. The maximum Gasteiger partial charge on any atom is 0.222 e. The van der Waals surface area contributed by atoms with Crippen LogP contribution < -0.4 is 5.32 Å². The fraction of sp³-hybridized carbons (Fsp3) is 0.722. The molecule has 3 heterocycles. The number of hydrogen-bond acceptors (Lipinski definition) is 5. The number of aliphatic hydroxyl groups is 1. The van der Waals surface area contributed by atoms with Crippen LogP contribution in [0.3, 0.4) is 0 Å². The van der Waals surface area contributed by atoms with Crippen LogP contribution in [0.2, 0.25) is 0 Å². The minimum Gasteiger partial charge on any atom is -0.387 e. The minimum atomic E-state index is -0.517. The average Bonchev–Trinajstić information content (AvgIpc) is 3.16. The number of ether oxygens (including phenoxy) is 1. The Bertz CT molecular complexity index is 508. The number of aliphatic hydroxyl groups excluding tert-OH is 1. The maximum absolute atomic E-state index is 12.7. The lowest BCUT2D eigenvalue weighted by atomic mass is 9.92. The van der Waals surface area contributed by atoms with Gasteiger partial charge >= 0.3 is 0 Å². The van der Waals surface area contributed by atoms with Gasteiger partial charge in [-0.25, -0.2) is 0 Å². The number of nitrogens with zero attached hydrogens (tertiary/aromatic N) is 1. The van der Waals surface area contributed by atoms with Gasteiger partial charge in [-0.3, -0.25) is 4.79 Å². The highest BCUT2D eigenvalue weighted by Gasteiger charge is 2.30. The number of morpholine rings is 1. The highest BCUT2D eigenvalue weighted by atomic mass is 35.5. The van der Waals surface area contributed by atoms with Crippen molar-refractivity contribution in [1.29, 1.82) is 0 Å². The zero-order valence-electron chi connectivity index (χ0n) is 14.6. The van der Waals surface area contributed by atoms with Crippen LogP contribution in [0.5, 0.6) is 0 Å². The molecule has 142 valence electrons. The van der Waals surface area contributed by atoms with Crippen molar-refractivity contribution in [3.63, 3.8) is 0 Å². The fourth-order valence-corrected chi connectivity index (χ4v) is 4.40. The number of rotatable bonds is 6. The summed E-state index contributed by atoms with van der Waals surface area (Å²) in [5, 5.41) is 15.7. The molecular formula is C18H29ClN2O3S. The number of nitrogens with one attached hydrogen (secondary N) is 1. The van der Waals surface area contributed by atoms with Gasteiger partial charge in [0.2, 0.25) is 5.91 Å². The van der Waals surface area contributed by atoms with Crippen molar-refractivity contribution in [1.82, 2.24) is 10.2 Å². The van der Waals surface area contributed by atoms with Gasteiger partial charge in [-0.05, 0) is 49.7 Å². The second-order valence-corrected chi connectivity index (χ2v) is 7.79. The second-order valence-electron chi connectivity index (χ2n) is 6.81. The maximum atomic E-state index is 12.7. The molecule has 2 unspecified atom stereocenters. The molecule has 0 bridgehead atoms. The van der Waals surface area contributed by atoms with Crippen molar-refractivity contribution in [2.24, 2.45) is 5.92 Å². The van der Waals surface area contributed by atoms with Gasteiger partial charge in [0, 0.05) is 24.3 Å². The molecule has 2 saturated heterocycles. The third-order valence-electron chi connectivity index (χ3n) is 5.14. The Morgan fingerprint density at radius 3 is 2.96 bits per heavy atom. The molecule has 0 radical (unpaired) electrons. The second kappa shape index (κ2) is 10.5. The standard InChI is InChI=1S/C18H28N2O3S.ClH/c21-16(17-2-1-11-24-17)12-15-13-23-10-9-20(15)18(22)4-3-14-5-7-19-8-6-14;/h1-2,11,14-16,19,21H,3-10,12-13H2;1H. The van der Waals surface area contributed by atoms with Gasteiger partial charge in [-0.2, -0.15) is 0 Å². The normalized spacial score (nSPS) is 23.1. The van der Waals surface area contributed by atoms with E-state index in [0.29, 0.717) is 38.5 Å². The van der Waals surface area contributed by atoms with Crippen molar-refractivity contribution in [2.45, 2.75) is 44.2 Å². The first-order valence-electron chi connectivity index (χ1n) is 9.03. The number of thiophene rings is 1. The molecule has 2 aliphatic heterocycles. The molecule has 2 N–H and O–H groups in total. The summed E-state index contributed by atoms with van der Waals surface area (Å²) in [7, 11) is 0. The van der Waals surface area contributed by atoms with E-state index in [9.17, 15) is 9.90 Å². The summed E-state index contributed by atoms with van der Waals surface area (Å²) in [6, 6.07) is 3.88. The summed E-state index contributed by atoms with van der Waals surface area (Å²) >= 11 is 1.56. The topological polar surface area (TPSA) is 61.8 Å². The van der Waals surface area contributed by atoms with E-state index in [1.54, 1.807) is 11.3 Å². The molecule has 1 aromatic rings. The van der Waals surface area contributed by atoms with E-state index in [4.69, 9.17) is 4.74 Å². The van der Waals surface area contributed by atoms with Gasteiger partial charge in [0.1, 0.15) is 0 Å². The average molecular weight is 389 g/mol. The summed E-state index contributed by atoms with van der Waals surface area (Å²) in [4.78, 5) is 15.6. The largest absolute Gasteiger partial charge is 0.387 e. The van der Waals surface area contributed by atoms with Crippen molar-refractivity contribution in [3.05, 3.63) is 22.4 Å². The SMILES string of the molecule is Cl.O=C(CCC1CCNCC1)N1CCOCC1CC(O)c1cccs1. The third kappa shape index (κ3) is 5.93. The molecule has 2 atom stereocenters. The molecule has 1 aromatic heterocycles. The van der Waals surface area contributed by atoms with Crippen LogP contribution >= 0.6 is 23.7 Å². The summed E-state index contributed by atoms with van der Waals surface area (Å²) in [5.74, 6) is 0.895. The van der Waals surface area contributed by atoms with Crippen molar-refractivity contribution < 1.29 is 14.6 Å². The molecule has 0 aliphatic carbocycles. The summed E-state index contributed by atoms with van der Waals surface area (Å²) < 4.78 is 5.57. The van der Waals surface area contributed by atoms with E-state index in [0.717, 1.165) is 24.4 Å². The van der Waals surface area contributed by atoms with Gasteiger partial charge in [0.05, 0.1) is 25.4 Å². The Morgan fingerprint density at radius 2 is 2.24 bits per heavy atom. The van der Waals surface area contributed by atoms with Crippen molar-refractivity contribution in [2.75, 3.05) is 32.8 Å². The molecule has 0 saturated carbocycles. The number of piperidine rings is 1. The lowest BCUT2D eigenvalue weighted by Gasteiger charge is -2.37. The van der Waals surface area contributed by atoms with Crippen LogP contribution in [0.1, 0.15) is 43.1 Å². The van der Waals surface area contributed by atoms with Gasteiger partial charge < -0.3 is 20.1 Å². The minimum absolute atomic E-state index is 0. The molecule has 0 spiro atoms. The monoisotopic (exact) mass is 388 g/mol. The van der Waals surface area contributed by atoms with Crippen molar-refractivity contribution >= 4 is 29.7 Å². The van der Waals surface area contributed by atoms with Gasteiger partial charge in [-0.1, -0.05) is 6.07 Å². The molecule has 7 heteroatoms. The van der Waals surface area contributed by atoms with Crippen LogP contribution in [0.4, 0.5) is 0 Å². The molecule has 2 aliphatic rings. The number of amides is 1. The predicted molar refractivity (Wildman–Crippen MR) is 102 cm³/mol. The predicted octanol–water partition coefficient (Wildman–Crippen LogP) is 2.60. The Morgan fingerprint density at radius 1 is 1.44 bits per heavy atom. The summed E-state index contributed by atoms with van der Waals surface area (Å²) in [5.41, 5.74) is 0. The quantitative estimate of drug-likeness (QED) is 0.786. The zero-order chi connectivity index (χ0) is 16.8. The Hall–Kier alpha value is -0.660. The van der Waals surface area contributed by atoms with Crippen LogP contribution in [0, 0.1) is 5.92 Å². The smallest absolute Gasteiger partial charge is 0.222 e. The number of carbonyl (C=O) groups excluding carboxylic acids is 1. The van der Waals surface area contributed by atoms with Gasteiger partial charge in [0.25, 0.3) is 0 Å². The van der Waals surface area contributed by atoms with E-state index in [-0.39, 0.29) is 24.4 Å². The first-order valence-corrected chi connectivity index (χ1v) is 9.91. The summed E-state index contributed by atoms with van der Waals surface area (Å²) in [6.07, 6.45) is 4.00. The van der Waals surface area contributed by atoms with Crippen LogP contribution in [0.25, 0.3) is 0 Å². The highest BCUT2D eigenvalue weighted by Crippen LogP contribution is 2.27. The first kappa shape index (κ1) is 20.6. The first-order chi connectivity index (χ1) is 11.7. The Balaban J connectivity index is 0.00000225.